The number of nitrogens with one attached hydrogen (secondary N) is 2. The number of thioether (sulfide) groups is 1. The highest BCUT2D eigenvalue weighted by Crippen LogP contribution is 2.18. The lowest BCUT2D eigenvalue weighted by Crippen LogP contribution is -2.37. The summed E-state index contributed by atoms with van der Waals surface area (Å²) in [6, 6.07) is 6.63. The number of aromatic nitrogens is 1. The van der Waals surface area contributed by atoms with Gasteiger partial charge in [-0.15, -0.1) is 23.1 Å². The molecule has 7 heteroatoms. The summed E-state index contributed by atoms with van der Waals surface area (Å²) in [4.78, 5) is 11.1. The van der Waals surface area contributed by atoms with Gasteiger partial charge in [-0.2, -0.15) is 0 Å². The van der Waals surface area contributed by atoms with Gasteiger partial charge in [-0.25, -0.2) is 14.4 Å². The fourth-order valence-corrected chi connectivity index (χ4v) is 3.52. The summed E-state index contributed by atoms with van der Waals surface area (Å²) >= 11 is 3.37. The van der Waals surface area contributed by atoms with E-state index in [0.29, 0.717) is 6.54 Å². The van der Waals surface area contributed by atoms with Crippen LogP contribution in [0.3, 0.4) is 0 Å². The Balaban J connectivity index is 1.71. The number of aryl methyl sites for hydroxylation is 1. The Hall–Kier alpha value is -1.60. The van der Waals surface area contributed by atoms with E-state index in [1.807, 2.05) is 24.6 Å². The van der Waals surface area contributed by atoms with Crippen molar-refractivity contribution in [2.24, 2.45) is 4.99 Å². The van der Waals surface area contributed by atoms with Crippen LogP contribution in [0.2, 0.25) is 0 Å². The van der Waals surface area contributed by atoms with E-state index in [1.165, 1.54) is 17.0 Å². The minimum absolute atomic E-state index is 0.191. The van der Waals surface area contributed by atoms with E-state index in [9.17, 15) is 4.39 Å². The monoisotopic (exact) mass is 366 g/mol. The standard InChI is InChI=1S/C17H23FN4S2/c1-3-19-17(21-11-16-13(2)22-12-24-16)20-9-4-10-23-15-7-5-14(18)6-8-15/h5-8,12H,3-4,9-11H2,1-2H3,(H2,19,20,21). The van der Waals surface area contributed by atoms with E-state index in [1.54, 1.807) is 23.1 Å². The summed E-state index contributed by atoms with van der Waals surface area (Å²) in [6.45, 7) is 6.39. The molecule has 0 aliphatic carbocycles. The van der Waals surface area contributed by atoms with Crippen LogP contribution in [0.1, 0.15) is 23.9 Å². The van der Waals surface area contributed by atoms with Gasteiger partial charge in [-0.05, 0) is 50.3 Å². The zero-order valence-electron chi connectivity index (χ0n) is 14.0. The maximum absolute atomic E-state index is 12.8. The molecular weight excluding hydrogens is 343 g/mol. The average molecular weight is 367 g/mol. The second kappa shape index (κ2) is 10.3. The third-order valence-electron chi connectivity index (χ3n) is 3.27. The highest BCUT2D eigenvalue weighted by atomic mass is 32.2. The predicted molar refractivity (Wildman–Crippen MR) is 101 cm³/mol. The van der Waals surface area contributed by atoms with E-state index >= 15 is 0 Å². The third kappa shape index (κ3) is 6.49. The van der Waals surface area contributed by atoms with Gasteiger partial charge in [-0.1, -0.05) is 0 Å². The lowest BCUT2D eigenvalue weighted by atomic mass is 10.4. The van der Waals surface area contributed by atoms with Gasteiger partial charge in [0.2, 0.25) is 0 Å². The molecule has 1 aromatic carbocycles. The van der Waals surface area contributed by atoms with Crippen LogP contribution in [0.25, 0.3) is 0 Å². The van der Waals surface area contributed by atoms with Crippen molar-refractivity contribution in [3.63, 3.8) is 0 Å². The van der Waals surface area contributed by atoms with Crippen molar-refractivity contribution in [3.8, 4) is 0 Å². The van der Waals surface area contributed by atoms with Crippen LogP contribution < -0.4 is 10.6 Å². The smallest absolute Gasteiger partial charge is 0.191 e. The molecule has 0 spiro atoms. The SMILES string of the molecule is CCNC(=NCc1scnc1C)NCCCSc1ccc(F)cc1. The van der Waals surface area contributed by atoms with Crippen LogP contribution in [-0.4, -0.2) is 29.8 Å². The molecule has 1 heterocycles. The number of nitrogens with zero attached hydrogens (tertiary/aromatic N) is 2. The summed E-state index contributed by atoms with van der Waals surface area (Å²) in [7, 11) is 0. The lowest BCUT2D eigenvalue weighted by Gasteiger charge is -2.11. The molecule has 130 valence electrons. The molecule has 4 nitrogen and oxygen atoms in total. The summed E-state index contributed by atoms with van der Waals surface area (Å²) in [5, 5.41) is 6.60. The Labute approximate surface area is 151 Å². The van der Waals surface area contributed by atoms with Crippen molar-refractivity contribution < 1.29 is 4.39 Å². The van der Waals surface area contributed by atoms with Crippen LogP contribution in [0, 0.1) is 12.7 Å². The first-order valence-corrected chi connectivity index (χ1v) is 9.85. The molecule has 0 saturated heterocycles. The fraction of sp³-hybridized carbons (Fsp3) is 0.412. The topological polar surface area (TPSA) is 49.3 Å². The zero-order chi connectivity index (χ0) is 17.2. The van der Waals surface area contributed by atoms with Crippen molar-refractivity contribution in [3.05, 3.63) is 46.2 Å². The number of halogens is 1. The van der Waals surface area contributed by atoms with E-state index in [0.717, 1.165) is 41.8 Å². The van der Waals surface area contributed by atoms with E-state index in [2.05, 4.69) is 27.5 Å². The highest BCUT2D eigenvalue weighted by Gasteiger charge is 2.02. The number of benzene rings is 1. The minimum Gasteiger partial charge on any atom is -0.357 e. The Kier molecular flexibility index (Phi) is 8.04. The van der Waals surface area contributed by atoms with Crippen LogP contribution in [-0.2, 0) is 6.54 Å². The van der Waals surface area contributed by atoms with Gasteiger partial charge in [0.1, 0.15) is 5.82 Å². The summed E-state index contributed by atoms with van der Waals surface area (Å²) < 4.78 is 12.8. The lowest BCUT2D eigenvalue weighted by molar-refractivity contribution is 0.626. The normalized spacial score (nSPS) is 11.5. The zero-order valence-corrected chi connectivity index (χ0v) is 15.6. The molecule has 24 heavy (non-hydrogen) atoms. The number of hydrogen-bond donors (Lipinski definition) is 2. The van der Waals surface area contributed by atoms with Gasteiger partial charge in [0.15, 0.2) is 5.96 Å². The van der Waals surface area contributed by atoms with Crippen LogP contribution in [0.4, 0.5) is 4.39 Å². The first-order valence-electron chi connectivity index (χ1n) is 7.98. The molecule has 1 aromatic heterocycles. The Morgan fingerprint density at radius 2 is 2.08 bits per heavy atom. The second-order valence-electron chi connectivity index (χ2n) is 5.14. The van der Waals surface area contributed by atoms with Crippen LogP contribution in [0.15, 0.2) is 39.7 Å². The van der Waals surface area contributed by atoms with Crippen molar-refractivity contribution in [1.29, 1.82) is 0 Å². The highest BCUT2D eigenvalue weighted by molar-refractivity contribution is 7.99. The molecular formula is C17H23FN4S2. The van der Waals surface area contributed by atoms with E-state index < -0.39 is 0 Å². The molecule has 0 amide bonds. The molecule has 0 bridgehead atoms. The molecule has 0 aliphatic rings. The van der Waals surface area contributed by atoms with Crippen LogP contribution in [0.5, 0.6) is 0 Å². The van der Waals surface area contributed by atoms with E-state index in [4.69, 9.17) is 0 Å². The summed E-state index contributed by atoms with van der Waals surface area (Å²) in [6.07, 6.45) is 1.01. The minimum atomic E-state index is -0.191. The van der Waals surface area contributed by atoms with E-state index in [-0.39, 0.29) is 5.82 Å². The number of aliphatic imine (C=N–C) groups is 1. The maximum Gasteiger partial charge on any atom is 0.191 e. The van der Waals surface area contributed by atoms with Gasteiger partial charge in [0, 0.05) is 22.9 Å². The van der Waals surface area contributed by atoms with Gasteiger partial charge >= 0.3 is 0 Å². The largest absolute Gasteiger partial charge is 0.357 e. The molecule has 0 saturated carbocycles. The van der Waals surface area contributed by atoms with Crippen molar-refractivity contribution in [1.82, 2.24) is 15.6 Å². The van der Waals surface area contributed by atoms with Crippen LogP contribution >= 0.6 is 23.1 Å². The molecule has 0 aliphatic heterocycles. The van der Waals surface area contributed by atoms with Gasteiger partial charge < -0.3 is 10.6 Å². The van der Waals surface area contributed by atoms with Gasteiger partial charge in [0.05, 0.1) is 17.7 Å². The second-order valence-corrected chi connectivity index (χ2v) is 7.25. The number of rotatable bonds is 8. The fourth-order valence-electron chi connectivity index (χ4n) is 1.97. The quantitative estimate of drug-likeness (QED) is 0.323. The Bertz CT molecular complexity index is 640. The Morgan fingerprint density at radius 1 is 1.29 bits per heavy atom. The number of guanidine groups is 1. The maximum atomic E-state index is 12.8. The molecule has 2 rings (SSSR count). The first kappa shape index (κ1) is 18.7. The average Bonchev–Trinajstić information content (AvgIpc) is 2.99. The Morgan fingerprint density at radius 3 is 2.75 bits per heavy atom. The third-order valence-corrected chi connectivity index (χ3v) is 5.28. The molecule has 2 aromatic rings. The van der Waals surface area contributed by atoms with Crippen molar-refractivity contribution in [2.45, 2.75) is 31.7 Å². The number of hydrogen-bond acceptors (Lipinski definition) is 4. The summed E-state index contributed by atoms with van der Waals surface area (Å²) in [5.41, 5.74) is 2.91. The first-order chi connectivity index (χ1) is 11.7. The molecule has 0 atom stereocenters. The molecule has 0 unspecified atom stereocenters. The molecule has 2 N–H and O–H groups in total. The number of thiazole rings is 1. The van der Waals surface area contributed by atoms with Crippen molar-refractivity contribution in [2.75, 3.05) is 18.8 Å². The summed E-state index contributed by atoms with van der Waals surface area (Å²) in [5.74, 6) is 1.62. The molecule has 0 radical (unpaired) electrons. The van der Waals surface area contributed by atoms with Crippen molar-refractivity contribution >= 4 is 29.1 Å². The molecule has 0 fully saturated rings. The predicted octanol–water partition coefficient (Wildman–Crippen LogP) is 3.83. The van der Waals surface area contributed by atoms with Gasteiger partial charge in [0.25, 0.3) is 0 Å². The van der Waals surface area contributed by atoms with Gasteiger partial charge in [-0.3, -0.25) is 0 Å².